The Kier molecular flexibility index (Phi) is 4.69. The molecule has 0 radical (unpaired) electrons. The van der Waals surface area contributed by atoms with Gasteiger partial charge in [0.25, 0.3) is 0 Å². The zero-order valence-electron chi connectivity index (χ0n) is 14.4. The fraction of sp³-hybridized carbons (Fsp3) is 0.368. The molecule has 5 heteroatoms. The highest BCUT2D eigenvalue weighted by molar-refractivity contribution is 5.95. The number of benzene rings is 1. The summed E-state index contributed by atoms with van der Waals surface area (Å²) in [6.45, 7) is 6.13. The highest BCUT2D eigenvalue weighted by atomic mass is 16.5. The smallest absolute Gasteiger partial charge is 0.223 e. The summed E-state index contributed by atoms with van der Waals surface area (Å²) >= 11 is 0. The van der Waals surface area contributed by atoms with Crippen LogP contribution in [0.4, 0.5) is 11.4 Å². The van der Waals surface area contributed by atoms with Gasteiger partial charge in [0.15, 0.2) is 0 Å². The van der Waals surface area contributed by atoms with E-state index in [0.717, 1.165) is 35.9 Å². The maximum Gasteiger partial charge on any atom is 0.223 e. The highest BCUT2D eigenvalue weighted by Gasteiger charge is 2.26. The summed E-state index contributed by atoms with van der Waals surface area (Å²) in [5.74, 6) is 1.21. The molecule has 0 unspecified atom stereocenters. The third-order valence-electron chi connectivity index (χ3n) is 4.31. The van der Waals surface area contributed by atoms with E-state index in [4.69, 9.17) is 4.74 Å². The van der Waals surface area contributed by atoms with E-state index in [1.54, 1.807) is 20.2 Å². The fourth-order valence-electron chi connectivity index (χ4n) is 3.17. The molecule has 1 aromatic carbocycles. The third-order valence-corrected chi connectivity index (χ3v) is 4.31. The second kappa shape index (κ2) is 6.91. The van der Waals surface area contributed by atoms with Gasteiger partial charge in [-0.3, -0.25) is 9.78 Å². The Morgan fingerprint density at radius 2 is 1.96 bits per heavy atom. The normalized spacial score (nSPS) is 17.2. The Balaban J connectivity index is 1.93. The minimum absolute atomic E-state index is 0.0822. The van der Waals surface area contributed by atoms with Crippen LogP contribution in [0.1, 0.15) is 19.5 Å². The van der Waals surface area contributed by atoms with E-state index in [1.165, 1.54) is 0 Å². The molecule has 0 fully saturated rings. The molecule has 24 heavy (non-hydrogen) atoms. The van der Waals surface area contributed by atoms with E-state index in [9.17, 15) is 4.79 Å². The molecule has 126 valence electrons. The predicted octanol–water partition coefficient (Wildman–Crippen LogP) is 3.10. The number of anilines is 2. The SMILES string of the molecule is COc1ccc(CN2C[C@H](C)CN(C(C)=O)c3ccccc32)nc1. The van der Waals surface area contributed by atoms with Crippen LogP contribution in [-0.4, -0.2) is 31.1 Å². The van der Waals surface area contributed by atoms with Crippen LogP contribution in [0.25, 0.3) is 0 Å². The molecule has 0 N–H and O–H groups in total. The van der Waals surface area contributed by atoms with Gasteiger partial charge in [-0.15, -0.1) is 0 Å². The van der Waals surface area contributed by atoms with Crippen molar-refractivity contribution in [1.82, 2.24) is 4.98 Å². The molecule has 0 saturated heterocycles. The summed E-state index contributed by atoms with van der Waals surface area (Å²) < 4.78 is 5.17. The van der Waals surface area contributed by atoms with Crippen molar-refractivity contribution in [3.05, 3.63) is 48.3 Å². The van der Waals surface area contributed by atoms with E-state index in [0.29, 0.717) is 12.5 Å². The number of rotatable bonds is 3. The number of carbonyl (C=O) groups excluding carboxylic acids is 1. The molecule has 1 aromatic heterocycles. The lowest BCUT2D eigenvalue weighted by molar-refractivity contribution is -0.116. The number of hydrogen-bond acceptors (Lipinski definition) is 4. The molecule has 0 bridgehead atoms. The summed E-state index contributed by atoms with van der Waals surface area (Å²) in [6, 6.07) is 12.0. The molecule has 3 rings (SSSR count). The molecular weight excluding hydrogens is 302 g/mol. The lowest BCUT2D eigenvalue weighted by Crippen LogP contribution is -2.33. The molecule has 2 heterocycles. The summed E-state index contributed by atoms with van der Waals surface area (Å²) in [5, 5.41) is 0. The molecule has 1 aliphatic rings. The lowest BCUT2D eigenvalue weighted by Gasteiger charge is -2.26. The van der Waals surface area contributed by atoms with Crippen molar-refractivity contribution < 1.29 is 9.53 Å². The number of methoxy groups -OCH3 is 1. The summed E-state index contributed by atoms with van der Waals surface area (Å²) in [5.41, 5.74) is 3.03. The molecule has 5 nitrogen and oxygen atoms in total. The minimum atomic E-state index is 0.0822. The fourth-order valence-corrected chi connectivity index (χ4v) is 3.17. The van der Waals surface area contributed by atoms with E-state index < -0.39 is 0 Å². The Labute approximate surface area is 142 Å². The molecule has 1 amide bonds. The van der Waals surface area contributed by atoms with Crippen molar-refractivity contribution in [1.29, 1.82) is 0 Å². The summed E-state index contributed by atoms with van der Waals surface area (Å²) in [4.78, 5) is 20.7. The standard InChI is InChI=1S/C19H23N3O2/c1-14-11-21(13-16-8-9-17(24-3)10-20-16)18-6-4-5-7-19(18)22(12-14)15(2)23/h4-10,14H,11-13H2,1-3H3/t14-/m0/s1. The van der Waals surface area contributed by atoms with Gasteiger partial charge in [-0.2, -0.15) is 0 Å². The number of nitrogens with zero attached hydrogens (tertiary/aromatic N) is 3. The Morgan fingerprint density at radius 1 is 1.21 bits per heavy atom. The van der Waals surface area contributed by atoms with E-state index in [1.807, 2.05) is 35.2 Å². The van der Waals surface area contributed by atoms with Gasteiger partial charge < -0.3 is 14.5 Å². The molecule has 0 aliphatic carbocycles. The Hall–Kier alpha value is -2.56. The van der Waals surface area contributed by atoms with Gasteiger partial charge in [-0.1, -0.05) is 19.1 Å². The van der Waals surface area contributed by atoms with E-state index >= 15 is 0 Å². The first-order valence-corrected chi connectivity index (χ1v) is 8.19. The van der Waals surface area contributed by atoms with E-state index in [-0.39, 0.29) is 5.91 Å². The van der Waals surface area contributed by atoms with Crippen LogP contribution in [0, 0.1) is 5.92 Å². The maximum absolute atomic E-state index is 12.1. The number of hydrogen-bond donors (Lipinski definition) is 0. The van der Waals surface area contributed by atoms with Crippen LogP contribution < -0.4 is 14.5 Å². The summed E-state index contributed by atoms with van der Waals surface area (Å²) in [6.07, 6.45) is 1.74. The average Bonchev–Trinajstić information content (AvgIpc) is 2.73. The van der Waals surface area contributed by atoms with Gasteiger partial charge in [-0.25, -0.2) is 0 Å². The number of amides is 1. The largest absolute Gasteiger partial charge is 0.495 e. The second-order valence-corrected chi connectivity index (χ2v) is 6.29. The molecule has 2 aromatic rings. The van der Waals surface area contributed by atoms with Crippen molar-refractivity contribution in [2.75, 3.05) is 30.0 Å². The average molecular weight is 325 g/mol. The van der Waals surface area contributed by atoms with Crippen molar-refractivity contribution >= 4 is 17.3 Å². The van der Waals surface area contributed by atoms with Gasteiger partial charge in [0.2, 0.25) is 5.91 Å². The van der Waals surface area contributed by atoms with Crippen LogP contribution in [0.15, 0.2) is 42.6 Å². The Morgan fingerprint density at radius 3 is 2.58 bits per heavy atom. The monoisotopic (exact) mass is 325 g/mol. The number of para-hydroxylation sites is 2. The van der Waals surface area contributed by atoms with Gasteiger partial charge in [0.05, 0.1) is 36.9 Å². The zero-order chi connectivity index (χ0) is 17.1. The molecule has 1 atom stereocenters. The number of ether oxygens (including phenoxy) is 1. The van der Waals surface area contributed by atoms with E-state index in [2.05, 4.69) is 22.9 Å². The van der Waals surface area contributed by atoms with Crippen molar-refractivity contribution in [3.63, 3.8) is 0 Å². The van der Waals surface area contributed by atoms with Crippen LogP contribution >= 0.6 is 0 Å². The van der Waals surface area contributed by atoms with Gasteiger partial charge in [0.1, 0.15) is 5.75 Å². The molecule has 1 aliphatic heterocycles. The molecule has 0 saturated carbocycles. The molecule has 0 spiro atoms. The molecular formula is C19H23N3O2. The second-order valence-electron chi connectivity index (χ2n) is 6.29. The highest BCUT2D eigenvalue weighted by Crippen LogP contribution is 2.34. The van der Waals surface area contributed by atoms with Crippen molar-refractivity contribution in [2.24, 2.45) is 5.92 Å². The first-order valence-electron chi connectivity index (χ1n) is 8.19. The topological polar surface area (TPSA) is 45.7 Å². The van der Waals surface area contributed by atoms with Gasteiger partial charge in [-0.05, 0) is 30.2 Å². The minimum Gasteiger partial charge on any atom is -0.495 e. The van der Waals surface area contributed by atoms with Crippen LogP contribution in [0.5, 0.6) is 5.75 Å². The first-order chi connectivity index (χ1) is 11.6. The summed E-state index contributed by atoms with van der Waals surface area (Å²) in [7, 11) is 1.64. The van der Waals surface area contributed by atoms with Gasteiger partial charge >= 0.3 is 0 Å². The van der Waals surface area contributed by atoms with Crippen LogP contribution in [-0.2, 0) is 11.3 Å². The van der Waals surface area contributed by atoms with Gasteiger partial charge in [0, 0.05) is 20.0 Å². The number of pyridine rings is 1. The first kappa shape index (κ1) is 16.3. The van der Waals surface area contributed by atoms with Crippen LogP contribution in [0.3, 0.4) is 0 Å². The maximum atomic E-state index is 12.1. The third kappa shape index (κ3) is 3.35. The zero-order valence-corrected chi connectivity index (χ0v) is 14.4. The lowest BCUT2D eigenvalue weighted by atomic mass is 10.1. The van der Waals surface area contributed by atoms with Crippen molar-refractivity contribution in [2.45, 2.75) is 20.4 Å². The predicted molar refractivity (Wildman–Crippen MR) is 95.5 cm³/mol. The van der Waals surface area contributed by atoms with Crippen molar-refractivity contribution in [3.8, 4) is 5.75 Å². The quantitative estimate of drug-likeness (QED) is 0.870. The van der Waals surface area contributed by atoms with Crippen LogP contribution in [0.2, 0.25) is 0 Å². The number of fused-ring (bicyclic) bond motifs is 1. The number of aromatic nitrogens is 1. The number of carbonyl (C=O) groups is 1. The Bertz CT molecular complexity index is 715.